The van der Waals surface area contributed by atoms with E-state index in [4.69, 9.17) is 28.5 Å². The van der Waals surface area contributed by atoms with E-state index >= 15 is 0 Å². The molecule has 12 heavy (non-hydrogen) atoms. The summed E-state index contributed by atoms with van der Waals surface area (Å²) in [6.07, 6.45) is 0. The van der Waals surface area contributed by atoms with Crippen molar-refractivity contribution in [1.82, 2.24) is 0 Å². The van der Waals surface area contributed by atoms with Gasteiger partial charge in [-0.3, -0.25) is 0 Å². The lowest BCUT2D eigenvalue weighted by Gasteiger charge is -2.05. The maximum atomic E-state index is 8.72. The largest absolute Gasteiger partial charge is 0.192 e. The molecule has 0 unspecified atom stereocenters. The van der Waals surface area contributed by atoms with E-state index < -0.39 is 0 Å². The monoisotopic (exact) mass is 199 g/mol. The Morgan fingerprint density at radius 2 is 1.92 bits per heavy atom. The van der Waals surface area contributed by atoms with Gasteiger partial charge in [0, 0.05) is 5.02 Å². The Morgan fingerprint density at radius 3 is 2.42 bits per heavy atom. The van der Waals surface area contributed by atoms with Crippen molar-refractivity contribution in [2.75, 3.05) is 0 Å². The van der Waals surface area contributed by atoms with Crippen LogP contribution in [0.5, 0.6) is 0 Å². The van der Waals surface area contributed by atoms with Crippen LogP contribution in [0.4, 0.5) is 0 Å². The molecule has 0 saturated heterocycles. The van der Waals surface area contributed by atoms with Gasteiger partial charge in [-0.1, -0.05) is 23.2 Å². The molecule has 0 aliphatic rings. The van der Waals surface area contributed by atoms with Gasteiger partial charge in [0.15, 0.2) is 0 Å². The van der Waals surface area contributed by atoms with Gasteiger partial charge >= 0.3 is 0 Å². The maximum absolute atomic E-state index is 8.72. The van der Waals surface area contributed by atoms with Crippen molar-refractivity contribution in [3.63, 3.8) is 0 Å². The summed E-state index contributed by atoms with van der Waals surface area (Å²) in [5, 5.41) is 9.81. The molecule has 0 N–H and O–H groups in total. The van der Waals surface area contributed by atoms with Gasteiger partial charge < -0.3 is 0 Å². The van der Waals surface area contributed by atoms with Gasteiger partial charge in [-0.2, -0.15) is 5.26 Å². The molecule has 0 atom stereocenters. The number of nitriles is 1. The topological polar surface area (TPSA) is 23.8 Å². The SMILES string of the molecule is Cc1cc(Cl)c(C#N)c(C)c1Cl. The minimum atomic E-state index is 0.465. The van der Waals surface area contributed by atoms with Crippen LogP contribution in [0.1, 0.15) is 16.7 Å². The Morgan fingerprint density at radius 1 is 1.33 bits per heavy atom. The van der Waals surface area contributed by atoms with Gasteiger partial charge in [0.1, 0.15) is 6.07 Å². The van der Waals surface area contributed by atoms with E-state index in [2.05, 4.69) is 0 Å². The second-order valence-electron chi connectivity index (χ2n) is 2.60. The van der Waals surface area contributed by atoms with Crippen LogP contribution in [0.25, 0.3) is 0 Å². The minimum absolute atomic E-state index is 0.465. The third-order valence-electron chi connectivity index (χ3n) is 1.74. The summed E-state index contributed by atoms with van der Waals surface area (Å²) >= 11 is 11.7. The zero-order chi connectivity index (χ0) is 9.30. The molecule has 0 aromatic heterocycles. The number of hydrogen-bond donors (Lipinski definition) is 0. The van der Waals surface area contributed by atoms with Crippen molar-refractivity contribution in [2.45, 2.75) is 13.8 Å². The fraction of sp³-hybridized carbons (Fsp3) is 0.222. The second kappa shape index (κ2) is 3.35. The summed E-state index contributed by atoms with van der Waals surface area (Å²) in [6.45, 7) is 3.65. The van der Waals surface area contributed by atoms with Crippen LogP contribution in [0.2, 0.25) is 10.0 Å². The normalized spacial score (nSPS) is 9.58. The molecular weight excluding hydrogens is 193 g/mol. The molecule has 0 saturated carbocycles. The van der Waals surface area contributed by atoms with Crippen LogP contribution in [-0.4, -0.2) is 0 Å². The first-order valence-corrected chi connectivity index (χ1v) is 4.18. The summed E-state index contributed by atoms with van der Waals surface area (Å²) in [5.74, 6) is 0. The Labute approximate surface area is 81.5 Å². The fourth-order valence-electron chi connectivity index (χ4n) is 1.05. The van der Waals surface area contributed by atoms with Gasteiger partial charge in [-0.05, 0) is 31.0 Å². The highest BCUT2D eigenvalue weighted by Crippen LogP contribution is 2.28. The van der Waals surface area contributed by atoms with Crippen molar-refractivity contribution in [3.8, 4) is 6.07 Å². The summed E-state index contributed by atoms with van der Waals surface area (Å²) < 4.78 is 0. The van der Waals surface area contributed by atoms with Gasteiger partial charge in [0.25, 0.3) is 0 Å². The quantitative estimate of drug-likeness (QED) is 0.628. The first-order chi connectivity index (χ1) is 5.57. The molecule has 0 radical (unpaired) electrons. The molecule has 0 aliphatic heterocycles. The minimum Gasteiger partial charge on any atom is -0.192 e. The Kier molecular flexibility index (Phi) is 2.62. The third-order valence-corrected chi connectivity index (χ3v) is 2.62. The van der Waals surface area contributed by atoms with Crippen molar-refractivity contribution in [3.05, 3.63) is 32.8 Å². The number of aryl methyl sites for hydroxylation is 1. The Bertz CT molecular complexity index is 364. The first kappa shape index (κ1) is 9.38. The predicted molar refractivity (Wildman–Crippen MR) is 50.7 cm³/mol. The van der Waals surface area contributed by atoms with Gasteiger partial charge in [-0.25, -0.2) is 0 Å². The molecule has 1 aromatic rings. The second-order valence-corrected chi connectivity index (χ2v) is 3.39. The lowest BCUT2D eigenvalue weighted by molar-refractivity contribution is 1.34. The zero-order valence-electron chi connectivity index (χ0n) is 6.78. The smallest absolute Gasteiger partial charge is 0.101 e. The van der Waals surface area contributed by atoms with Crippen LogP contribution < -0.4 is 0 Å². The fourth-order valence-corrected chi connectivity index (χ4v) is 1.54. The molecular formula is C9H7Cl2N. The van der Waals surface area contributed by atoms with Gasteiger partial charge in [0.05, 0.1) is 10.6 Å². The summed E-state index contributed by atoms with van der Waals surface area (Å²) in [5.41, 5.74) is 2.12. The number of benzene rings is 1. The number of rotatable bonds is 0. The van der Waals surface area contributed by atoms with Crippen molar-refractivity contribution >= 4 is 23.2 Å². The van der Waals surface area contributed by atoms with Crippen LogP contribution in [0.15, 0.2) is 6.07 Å². The summed E-state index contributed by atoms with van der Waals surface area (Å²) in [7, 11) is 0. The molecule has 0 bridgehead atoms. The lowest BCUT2D eigenvalue weighted by atomic mass is 10.1. The molecule has 1 aromatic carbocycles. The van der Waals surface area contributed by atoms with Crippen LogP contribution in [-0.2, 0) is 0 Å². The van der Waals surface area contributed by atoms with Crippen LogP contribution in [0.3, 0.4) is 0 Å². The standard InChI is InChI=1S/C9H7Cl2N/c1-5-3-8(10)7(4-12)6(2)9(5)11/h3H,1-2H3. The van der Waals surface area contributed by atoms with E-state index in [-0.39, 0.29) is 0 Å². The molecule has 0 spiro atoms. The molecule has 0 amide bonds. The third kappa shape index (κ3) is 1.41. The maximum Gasteiger partial charge on any atom is 0.101 e. The Hall–Kier alpha value is -0.710. The number of hydrogen-bond acceptors (Lipinski definition) is 1. The molecule has 0 fully saturated rings. The Balaban J connectivity index is 3.54. The van der Waals surface area contributed by atoms with E-state index in [0.29, 0.717) is 15.6 Å². The summed E-state index contributed by atoms with van der Waals surface area (Å²) in [4.78, 5) is 0. The molecule has 3 heteroatoms. The average Bonchev–Trinajstić information content (AvgIpc) is 2.01. The van der Waals surface area contributed by atoms with E-state index in [1.165, 1.54) is 0 Å². The van der Waals surface area contributed by atoms with E-state index in [9.17, 15) is 0 Å². The van der Waals surface area contributed by atoms with Crippen molar-refractivity contribution < 1.29 is 0 Å². The van der Waals surface area contributed by atoms with Crippen molar-refractivity contribution in [1.29, 1.82) is 5.26 Å². The number of halogens is 2. The average molecular weight is 200 g/mol. The van der Waals surface area contributed by atoms with E-state index in [1.54, 1.807) is 13.0 Å². The van der Waals surface area contributed by atoms with Crippen molar-refractivity contribution in [2.24, 2.45) is 0 Å². The highest BCUT2D eigenvalue weighted by molar-refractivity contribution is 6.35. The molecule has 62 valence electrons. The molecule has 0 heterocycles. The predicted octanol–water partition coefficient (Wildman–Crippen LogP) is 3.48. The van der Waals surface area contributed by atoms with Crippen LogP contribution in [0, 0.1) is 25.2 Å². The van der Waals surface area contributed by atoms with Gasteiger partial charge in [-0.15, -0.1) is 0 Å². The van der Waals surface area contributed by atoms with E-state index in [1.807, 2.05) is 13.0 Å². The lowest BCUT2D eigenvalue weighted by Crippen LogP contribution is -1.88. The van der Waals surface area contributed by atoms with Gasteiger partial charge in [0.2, 0.25) is 0 Å². The zero-order valence-corrected chi connectivity index (χ0v) is 8.29. The van der Waals surface area contributed by atoms with E-state index in [0.717, 1.165) is 11.1 Å². The first-order valence-electron chi connectivity index (χ1n) is 3.43. The number of nitrogens with zero attached hydrogens (tertiary/aromatic N) is 1. The highest BCUT2D eigenvalue weighted by atomic mass is 35.5. The molecule has 1 rings (SSSR count). The van der Waals surface area contributed by atoms with Crippen LogP contribution >= 0.6 is 23.2 Å². The summed E-state index contributed by atoms with van der Waals surface area (Å²) in [6, 6.07) is 3.72. The highest BCUT2D eigenvalue weighted by Gasteiger charge is 2.09. The molecule has 0 aliphatic carbocycles. The molecule has 1 nitrogen and oxygen atoms in total.